The van der Waals surface area contributed by atoms with Crippen LogP contribution in [-0.4, -0.2) is 10.9 Å². The molecular weight excluding hydrogens is 276 g/mol. The molecule has 0 saturated heterocycles. The minimum atomic E-state index is -0.478. The lowest BCUT2D eigenvalue weighted by Crippen LogP contribution is -2.08. The highest BCUT2D eigenvalue weighted by molar-refractivity contribution is 7.16. The molecule has 0 aliphatic heterocycles. The second-order valence-corrected chi connectivity index (χ2v) is 5.85. The monoisotopic (exact) mass is 288 g/mol. The van der Waals surface area contributed by atoms with E-state index in [1.54, 1.807) is 38.1 Å². The number of phenolic OH excluding ortho intramolecular Hbond substituents is 1. The van der Waals surface area contributed by atoms with E-state index >= 15 is 0 Å². The lowest BCUT2D eigenvalue weighted by atomic mass is 9.96. The van der Waals surface area contributed by atoms with Crippen LogP contribution in [0.3, 0.4) is 0 Å². The molecular formula is C15H12O4S. The Labute approximate surface area is 118 Å². The Balaban J connectivity index is 2.57. The summed E-state index contributed by atoms with van der Waals surface area (Å²) in [7, 11) is 0. The van der Waals surface area contributed by atoms with Gasteiger partial charge < -0.3 is 9.52 Å². The molecule has 0 aliphatic rings. The Morgan fingerprint density at radius 1 is 1.25 bits per heavy atom. The van der Waals surface area contributed by atoms with Crippen molar-refractivity contribution in [2.45, 2.75) is 13.8 Å². The third kappa shape index (κ3) is 1.74. The first kappa shape index (κ1) is 12.9. The van der Waals surface area contributed by atoms with Crippen LogP contribution >= 0.6 is 11.3 Å². The van der Waals surface area contributed by atoms with Gasteiger partial charge in [0.25, 0.3) is 0 Å². The molecule has 0 radical (unpaired) electrons. The van der Waals surface area contributed by atoms with Crippen LogP contribution in [0.2, 0.25) is 0 Å². The van der Waals surface area contributed by atoms with Gasteiger partial charge in [0.1, 0.15) is 5.75 Å². The maximum absolute atomic E-state index is 12.3. The zero-order valence-corrected chi connectivity index (χ0v) is 11.8. The number of rotatable bonds is 2. The third-order valence-electron chi connectivity index (χ3n) is 3.24. The second kappa shape index (κ2) is 4.45. The van der Waals surface area contributed by atoms with Gasteiger partial charge >= 0.3 is 4.94 Å². The number of fused-ring (bicyclic) bond motifs is 3. The summed E-state index contributed by atoms with van der Waals surface area (Å²) >= 11 is 0.850. The van der Waals surface area contributed by atoms with Gasteiger partial charge in [-0.05, 0) is 0 Å². The molecule has 3 rings (SSSR count). The van der Waals surface area contributed by atoms with Crippen molar-refractivity contribution in [3.8, 4) is 5.75 Å². The average molecular weight is 288 g/mol. The highest BCUT2D eigenvalue weighted by Gasteiger charge is 2.24. The molecule has 1 N–H and O–H groups in total. The fourth-order valence-corrected chi connectivity index (χ4v) is 3.10. The van der Waals surface area contributed by atoms with Crippen molar-refractivity contribution in [3.05, 3.63) is 39.6 Å². The van der Waals surface area contributed by atoms with Gasteiger partial charge in [-0.15, -0.1) is 0 Å². The largest absolute Gasteiger partial charge is 0.506 e. The predicted octanol–water partition coefficient (Wildman–Crippen LogP) is 3.55. The Bertz CT molecular complexity index is 886. The number of hydrogen-bond acceptors (Lipinski definition) is 5. The molecule has 20 heavy (non-hydrogen) atoms. The third-order valence-corrected chi connectivity index (χ3v) is 4.08. The SMILES string of the molecule is CC(C)C(=O)c1c(O)c2ccccc2c2oc(=O)sc12. The second-order valence-electron chi connectivity index (χ2n) is 4.90. The summed E-state index contributed by atoms with van der Waals surface area (Å²) in [6.07, 6.45) is 0. The number of carbonyl (C=O) groups excluding carboxylic acids is 1. The predicted molar refractivity (Wildman–Crippen MR) is 78.7 cm³/mol. The van der Waals surface area contributed by atoms with Crippen molar-refractivity contribution in [1.29, 1.82) is 0 Å². The summed E-state index contributed by atoms with van der Waals surface area (Å²) in [5.74, 6) is -0.554. The molecule has 2 aromatic carbocycles. The highest BCUT2D eigenvalue weighted by atomic mass is 32.1. The van der Waals surface area contributed by atoms with Crippen molar-refractivity contribution < 1.29 is 14.3 Å². The van der Waals surface area contributed by atoms with Crippen molar-refractivity contribution in [1.82, 2.24) is 0 Å². The van der Waals surface area contributed by atoms with Gasteiger partial charge in [0, 0.05) is 16.7 Å². The van der Waals surface area contributed by atoms with Crippen molar-refractivity contribution in [3.63, 3.8) is 0 Å². The van der Waals surface area contributed by atoms with Gasteiger partial charge in [0.05, 0.1) is 10.3 Å². The average Bonchev–Trinajstić information content (AvgIpc) is 2.80. The number of benzene rings is 2. The zero-order valence-electron chi connectivity index (χ0n) is 11.0. The molecule has 0 amide bonds. The Kier molecular flexibility index (Phi) is 2.87. The quantitative estimate of drug-likeness (QED) is 0.732. The number of aromatic hydroxyl groups is 1. The minimum absolute atomic E-state index is 0.0798. The Morgan fingerprint density at radius 3 is 2.55 bits per heavy atom. The van der Waals surface area contributed by atoms with Crippen LogP contribution < -0.4 is 4.94 Å². The number of phenols is 1. The maximum Gasteiger partial charge on any atom is 0.396 e. The van der Waals surface area contributed by atoms with Crippen LogP contribution in [0.1, 0.15) is 24.2 Å². The molecule has 0 bridgehead atoms. The van der Waals surface area contributed by atoms with Crippen LogP contribution in [0.25, 0.3) is 21.1 Å². The summed E-state index contributed by atoms with van der Waals surface area (Å²) in [5, 5.41) is 11.6. The lowest BCUT2D eigenvalue weighted by molar-refractivity contribution is 0.0939. The van der Waals surface area contributed by atoms with Crippen molar-refractivity contribution in [2.24, 2.45) is 5.92 Å². The van der Waals surface area contributed by atoms with Crippen molar-refractivity contribution in [2.75, 3.05) is 0 Å². The molecule has 1 heterocycles. The molecule has 4 nitrogen and oxygen atoms in total. The minimum Gasteiger partial charge on any atom is -0.506 e. The van der Waals surface area contributed by atoms with Crippen LogP contribution in [0.15, 0.2) is 33.5 Å². The molecule has 5 heteroatoms. The van der Waals surface area contributed by atoms with Crippen LogP contribution in [-0.2, 0) is 0 Å². The first-order valence-corrected chi connectivity index (χ1v) is 7.04. The standard InChI is InChI=1S/C15H12O4S/c1-7(2)11(16)10-12(17)8-5-3-4-6-9(8)13-14(10)20-15(18)19-13/h3-7,17H,1-2H3. The fraction of sp³-hybridized carbons (Fsp3) is 0.200. The molecule has 1 aromatic heterocycles. The van der Waals surface area contributed by atoms with E-state index in [4.69, 9.17) is 4.42 Å². The van der Waals surface area contributed by atoms with E-state index < -0.39 is 4.94 Å². The van der Waals surface area contributed by atoms with Crippen LogP contribution in [0, 0.1) is 5.92 Å². The normalized spacial score (nSPS) is 11.6. The summed E-state index contributed by atoms with van der Waals surface area (Å²) < 4.78 is 5.63. The number of Topliss-reactive ketones (excluding diaryl/α,β-unsaturated/α-hetero) is 1. The van der Waals surface area contributed by atoms with Crippen molar-refractivity contribution >= 4 is 38.2 Å². The number of hydrogen-bond donors (Lipinski definition) is 1. The summed E-state index contributed by atoms with van der Waals surface area (Å²) in [6.45, 7) is 3.51. The molecule has 3 aromatic rings. The van der Waals surface area contributed by atoms with Crippen LogP contribution in [0.4, 0.5) is 0 Å². The maximum atomic E-state index is 12.3. The van der Waals surface area contributed by atoms with E-state index in [1.165, 1.54) is 0 Å². The molecule has 0 unspecified atom stereocenters. The van der Waals surface area contributed by atoms with E-state index in [1.807, 2.05) is 0 Å². The summed E-state index contributed by atoms with van der Waals surface area (Å²) in [6, 6.07) is 7.03. The van der Waals surface area contributed by atoms with Gasteiger partial charge in [0.2, 0.25) is 0 Å². The lowest BCUT2D eigenvalue weighted by Gasteiger charge is -2.10. The first-order chi connectivity index (χ1) is 9.50. The van der Waals surface area contributed by atoms with E-state index in [9.17, 15) is 14.7 Å². The topological polar surface area (TPSA) is 67.5 Å². The zero-order chi connectivity index (χ0) is 14.4. The van der Waals surface area contributed by atoms with E-state index in [2.05, 4.69) is 0 Å². The molecule has 0 spiro atoms. The van der Waals surface area contributed by atoms with E-state index in [0.29, 0.717) is 21.1 Å². The fourth-order valence-electron chi connectivity index (χ4n) is 2.27. The van der Waals surface area contributed by atoms with Gasteiger partial charge in [-0.3, -0.25) is 4.79 Å². The molecule has 0 fully saturated rings. The number of carbonyl (C=O) groups is 1. The summed E-state index contributed by atoms with van der Waals surface area (Å²) in [4.78, 5) is 23.4. The number of ketones is 1. The Hall–Kier alpha value is -2.14. The molecule has 0 aliphatic carbocycles. The molecule has 102 valence electrons. The highest BCUT2D eigenvalue weighted by Crippen LogP contribution is 2.39. The first-order valence-electron chi connectivity index (χ1n) is 6.22. The van der Waals surface area contributed by atoms with Gasteiger partial charge in [-0.1, -0.05) is 49.4 Å². The Morgan fingerprint density at radius 2 is 1.90 bits per heavy atom. The molecule has 0 atom stereocenters. The van der Waals surface area contributed by atoms with E-state index in [0.717, 1.165) is 11.3 Å². The molecule has 0 saturated carbocycles. The summed E-state index contributed by atoms with van der Waals surface area (Å²) in [5.41, 5.74) is 0.557. The smallest absolute Gasteiger partial charge is 0.396 e. The van der Waals surface area contributed by atoms with Gasteiger partial charge in [0.15, 0.2) is 11.4 Å². The van der Waals surface area contributed by atoms with Gasteiger partial charge in [-0.25, -0.2) is 4.79 Å². The van der Waals surface area contributed by atoms with Crippen LogP contribution in [0.5, 0.6) is 5.75 Å². The van der Waals surface area contributed by atoms with Gasteiger partial charge in [-0.2, -0.15) is 0 Å². The van der Waals surface area contributed by atoms with E-state index in [-0.39, 0.29) is 23.0 Å².